The van der Waals surface area contributed by atoms with Crippen molar-refractivity contribution < 1.29 is 9.47 Å². The zero-order valence-electron chi connectivity index (χ0n) is 38.1. The third-order valence-electron chi connectivity index (χ3n) is 12.7. The molecule has 0 bridgehead atoms. The Balaban J connectivity index is 2.03. The largest absolute Gasteiger partial charge is 0.496 e. The highest BCUT2D eigenvalue weighted by atomic mass is 31.2. The minimum absolute atomic E-state index is 0.978. The van der Waals surface area contributed by atoms with Gasteiger partial charge in [-0.3, -0.25) is 0 Å². The van der Waals surface area contributed by atoms with Crippen molar-refractivity contribution in [3.05, 3.63) is 97.1 Å². The molecule has 0 fully saturated rings. The quantitative estimate of drug-likeness (QED) is 0.0420. The number of benzene rings is 4. The molecule has 0 N–H and O–H groups in total. The molecular formula is C51H79NO2P2Si2. The summed E-state index contributed by atoms with van der Waals surface area (Å²) in [6, 6.07) is 46.3. The molecular weight excluding hydrogens is 777 g/mol. The van der Waals surface area contributed by atoms with E-state index in [9.17, 15) is 0 Å². The van der Waals surface area contributed by atoms with Gasteiger partial charge in [0.15, 0.2) is 0 Å². The molecule has 2 unspecified atom stereocenters. The van der Waals surface area contributed by atoms with Crippen LogP contribution in [0.3, 0.4) is 0 Å². The molecule has 0 spiro atoms. The second kappa shape index (κ2) is 25.5. The Morgan fingerprint density at radius 3 is 1.03 bits per heavy atom. The molecule has 0 radical (unpaired) electrons. The number of methoxy groups -OCH3 is 2. The normalized spacial score (nSPS) is 13.1. The molecule has 318 valence electrons. The maximum Gasteiger partial charge on any atom is 0.128 e. The summed E-state index contributed by atoms with van der Waals surface area (Å²) >= 11 is 0. The van der Waals surface area contributed by atoms with Crippen LogP contribution in [0.4, 0.5) is 0 Å². The fourth-order valence-electron chi connectivity index (χ4n) is 9.27. The predicted molar refractivity (Wildman–Crippen MR) is 268 cm³/mol. The van der Waals surface area contributed by atoms with E-state index in [1.807, 2.05) is 14.2 Å². The zero-order valence-corrected chi connectivity index (χ0v) is 41.9. The van der Waals surface area contributed by atoms with E-state index in [0.717, 1.165) is 11.5 Å². The maximum absolute atomic E-state index is 6.25. The summed E-state index contributed by atoms with van der Waals surface area (Å²) < 4.78 is 15.3. The van der Waals surface area contributed by atoms with Gasteiger partial charge in [0.1, 0.15) is 11.5 Å². The van der Waals surface area contributed by atoms with Crippen molar-refractivity contribution in [3.8, 4) is 11.5 Å². The van der Waals surface area contributed by atoms with E-state index in [-0.39, 0.29) is 0 Å². The summed E-state index contributed by atoms with van der Waals surface area (Å²) in [6.45, 7) is 14.3. The van der Waals surface area contributed by atoms with Gasteiger partial charge in [-0.2, -0.15) is 0 Å². The zero-order chi connectivity index (χ0) is 41.8. The lowest BCUT2D eigenvalue weighted by atomic mass is 10.3. The topological polar surface area (TPSA) is 21.7 Å². The second-order valence-electron chi connectivity index (χ2n) is 16.7. The molecule has 2 atom stereocenters. The first-order chi connectivity index (χ1) is 28.3. The molecule has 58 heavy (non-hydrogen) atoms. The average Bonchev–Trinajstić information content (AvgIpc) is 3.27. The molecule has 0 saturated carbocycles. The average molecular weight is 856 g/mol. The molecule has 7 heteroatoms. The Morgan fingerprint density at radius 2 is 0.741 bits per heavy atom. The van der Waals surface area contributed by atoms with Gasteiger partial charge in [-0.25, -0.2) is 4.44 Å². The number of unbranched alkanes of at least 4 members (excludes halogenated alkanes) is 6. The highest BCUT2D eigenvalue weighted by Crippen LogP contribution is 2.55. The van der Waals surface area contributed by atoms with E-state index < -0.39 is 32.3 Å². The Kier molecular flexibility index (Phi) is 21.3. The van der Waals surface area contributed by atoms with Crippen LogP contribution in [-0.2, 0) is 0 Å². The van der Waals surface area contributed by atoms with E-state index in [0.29, 0.717) is 0 Å². The van der Waals surface area contributed by atoms with Gasteiger partial charge in [0.25, 0.3) is 0 Å². The van der Waals surface area contributed by atoms with Crippen LogP contribution < -0.4 is 41.1 Å². The van der Waals surface area contributed by atoms with E-state index in [2.05, 4.69) is 150 Å². The number of hydrogen-bond acceptors (Lipinski definition) is 3. The van der Waals surface area contributed by atoms with Gasteiger partial charge < -0.3 is 9.47 Å². The molecule has 0 aliphatic carbocycles. The number of ether oxygens (including phenoxy) is 2. The molecule has 0 aliphatic rings. The SMILES string of the molecule is CCCC[Si](CCCC)(CCCC)c1cccc(P(c2ccccc2OC)N(C)P(c2cccc([Si](CCCC)(CCCC)CCCC)c2)c2ccccc2OC)c1. The van der Waals surface area contributed by atoms with E-state index in [4.69, 9.17) is 9.47 Å². The molecule has 0 heterocycles. The van der Waals surface area contributed by atoms with Crippen LogP contribution in [0.15, 0.2) is 97.1 Å². The smallest absolute Gasteiger partial charge is 0.128 e. The number of nitrogens with zero attached hydrogens (tertiary/aromatic N) is 1. The lowest BCUT2D eigenvalue weighted by Gasteiger charge is -2.39. The van der Waals surface area contributed by atoms with Gasteiger partial charge in [0, 0.05) is 26.8 Å². The number of hydrogen-bond donors (Lipinski definition) is 0. The highest BCUT2D eigenvalue weighted by molar-refractivity contribution is 7.84. The van der Waals surface area contributed by atoms with Crippen molar-refractivity contribution >= 4 is 63.9 Å². The van der Waals surface area contributed by atoms with Gasteiger partial charge in [-0.05, 0) is 41.9 Å². The van der Waals surface area contributed by atoms with Gasteiger partial charge in [0.2, 0.25) is 0 Å². The summed E-state index contributed by atoms with van der Waals surface area (Å²) in [7, 11) is 0.621. The monoisotopic (exact) mass is 856 g/mol. The number of para-hydroxylation sites is 2. The minimum atomic E-state index is -1.75. The van der Waals surface area contributed by atoms with Gasteiger partial charge in [-0.15, -0.1) is 0 Å². The number of rotatable bonds is 28. The Morgan fingerprint density at radius 1 is 0.431 bits per heavy atom. The van der Waals surface area contributed by atoms with Crippen LogP contribution in [-0.4, -0.2) is 41.9 Å². The highest BCUT2D eigenvalue weighted by Gasteiger charge is 2.38. The first-order valence-electron chi connectivity index (χ1n) is 23.1. The van der Waals surface area contributed by atoms with E-state index in [1.54, 1.807) is 10.4 Å². The molecule has 4 aromatic rings. The predicted octanol–water partition coefficient (Wildman–Crippen LogP) is 13.1. The van der Waals surface area contributed by atoms with Crippen molar-refractivity contribution in [2.75, 3.05) is 21.3 Å². The van der Waals surface area contributed by atoms with Crippen LogP contribution >= 0.6 is 16.1 Å². The molecule has 0 aromatic heterocycles. The maximum atomic E-state index is 6.25. The van der Waals surface area contributed by atoms with Crippen molar-refractivity contribution in [1.29, 1.82) is 0 Å². The molecule has 0 aliphatic heterocycles. The lowest BCUT2D eigenvalue weighted by molar-refractivity contribution is 0.418. The van der Waals surface area contributed by atoms with Crippen molar-refractivity contribution in [2.24, 2.45) is 0 Å². The van der Waals surface area contributed by atoms with E-state index >= 15 is 0 Å². The third-order valence-corrected chi connectivity index (χ3v) is 29.0. The first-order valence-corrected chi connectivity index (χ1v) is 31.0. The standard InChI is InChI=1S/C51H79NO2P2Si2/c1-10-16-36-57(37-17-11-2,38-18-12-3)46-30-26-28-44(42-46)55(50-34-24-22-32-48(50)53-8)52(7)56(51-35-25-23-33-49(51)54-9)45-29-27-31-47(43-45)58(39-19-13-4,40-20-14-5)41-21-15-6/h22-35,42-43H,10-21,36-41H2,1-9H3. The summed E-state index contributed by atoms with van der Waals surface area (Å²) in [4.78, 5) is 0. The Labute approximate surface area is 360 Å². The Hall–Kier alpha value is -2.27. The van der Waals surface area contributed by atoms with Gasteiger partial charge in [-0.1, -0.05) is 238 Å². The van der Waals surface area contributed by atoms with Crippen LogP contribution in [0.5, 0.6) is 11.5 Å². The van der Waals surface area contributed by atoms with Crippen LogP contribution in [0.25, 0.3) is 0 Å². The fraction of sp³-hybridized carbons (Fsp3) is 0.529. The van der Waals surface area contributed by atoms with Crippen molar-refractivity contribution in [2.45, 2.75) is 155 Å². The summed E-state index contributed by atoms with van der Waals surface area (Å²) in [5.41, 5.74) is 0. The molecule has 4 aromatic carbocycles. The third kappa shape index (κ3) is 12.4. The minimum Gasteiger partial charge on any atom is -0.496 e. The summed E-state index contributed by atoms with van der Waals surface area (Å²) in [5, 5.41) is 8.82. The van der Waals surface area contributed by atoms with Crippen molar-refractivity contribution in [1.82, 2.24) is 4.44 Å². The second-order valence-corrected chi connectivity index (χ2v) is 30.8. The van der Waals surface area contributed by atoms with E-state index in [1.165, 1.54) is 135 Å². The van der Waals surface area contributed by atoms with Gasteiger partial charge >= 0.3 is 0 Å². The van der Waals surface area contributed by atoms with Crippen LogP contribution in [0.2, 0.25) is 36.3 Å². The van der Waals surface area contributed by atoms with Gasteiger partial charge in [0.05, 0.1) is 30.4 Å². The fourth-order valence-corrected chi connectivity index (χ4v) is 26.7. The Bertz CT molecular complexity index is 1600. The van der Waals surface area contributed by atoms with Crippen molar-refractivity contribution in [3.63, 3.8) is 0 Å². The molecule has 0 saturated heterocycles. The molecule has 0 amide bonds. The van der Waals surface area contributed by atoms with Crippen LogP contribution in [0, 0.1) is 0 Å². The lowest BCUT2D eigenvalue weighted by Crippen LogP contribution is -2.49. The molecule has 3 nitrogen and oxygen atoms in total. The summed E-state index contributed by atoms with van der Waals surface area (Å²) in [5.74, 6) is 1.96. The molecule has 4 rings (SSSR count). The first kappa shape index (κ1) is 48.4. The van der Waals surface area contributed by atoms with Crippen LogP contribution in [0.1, 0.15) is 119 Å². The summed E-state index contributed by atoms with van der Waals surface area (Å²) in [6.07, 6.45) is 15.6.